The molecule has 0 radical (unpaired) electrons. The molecule has 5 nitrogen and oxygen atoms in total. The van der Waals surface area contributed by atoms with Gasteiger partial charge in [-0.15, -0.1) is 12.3 Å². The number of ether oxygens (including phenoxy) is 3. The van der Waals surface area contributed by atoms with Crippen LogP contribution in [0.25, 0.3) is 0 Å². The Kier molecular flexibility index (Phi) is 10.4. The first kappa shape index (κ1) is 26.5. The summed E-state index contributed by atoms with van der Waals surface area (Å²) >= 11 is 6.02. The van der Waals surface area contributed by atoms with Crippen molar-refractivity contribution in [1.29, 1.82) is 0 Å². The Morgan fingerprint density at radius 3 is 2.60 bits per heavy atom. The summed E-state index contributed by atoms with van der Waals surface area (Å²) in [7, 11) is 1.63. The first-order chi connectivity index (χ1) is 17.1. The molecule has 0 spiro atoms. The topological polar surface area (TPSA) is 56.8 Å². The van der Waals surface area contributed by atoms with Crippen LogP contribution >= 0.6 is 11.6 Å². The predicted octanol–water partition coefficient (Wildman–Crippen LogP) is 5.67. The molecule has 2 aromatic carbocycles. The largest absolute Gasteiger partial charge is 0.493 e. The van der Waals surface area contributed by atoms with Gasteiger partial charge < -0.3 is 19.5 Å². The molecule has 0 heterocycles. The Labute approximate surface area is 213 Å². The number of carbonyl (C=O) groups is 1. The second kappa shape index (κ2) is 13.7. The minimum atomic E-state index is -0.805. The summed E-state index contributed by atoms with van der Waals surface area (Å²) in [5.74, 6) is 9.68. The van der Waals surface area contributed by atoms with Crippen molar-refractivity contribution in [1.82, 2.24) is 5.32 Å². The smallest absolute Gasteiger partial charge is 0.254 e. The average molecular weight is 494 g/mol. The Hall–Kier alpha value is -3.12. The molecule has 35 heavy (non-hydrogen) atoms. The summed E-state index contributed by atoms with van der Waals surface area (Å²) in [4.78, 5) is 13.3. The molecule has 1 amide bonds. The van der Waals surface area contributed by atoms with Gasteiger partial charge in [0.2, 0.25) is 0 Å². The molecule has 6 heteroatoms. The van der Waals surface area contributed by atoms with Crippen LogP contribution in [0.1, 0.15) is 62.2 Å². The molecule has 0 aromatic heterocycles. The third-order valence-corrected chi connectivity index (χ3v) is 6.31. The van der Waals surface area contributed by atoms with Crippen LogP contribution < -0.4 is 14.8 Å². The second-order valence-electron chi connectivity index (χ2n) is 8.36. The molecular formula is C29H32ClNO4. The second-order valence-corrected chi connectivity index (χ2v) is 8.80. The van der Waals surface area contributed by atoms with Gasteiger partial charge in [0.05, 0.1) is 7.11 Å². The zero-order valence-corrected chi connectivity index (χ0v) is 21.1. The van der Waals surface area contributed by atoms with E-state index in [9.17, 15) is 4.79 Å². The fraction of sp³-hybridized carbons (Fsp3) is 0.414. The van der Waals surface area contributed by atoms with Crippen molar-refractivity contribution in [3.8, 4) is 35.7 Å². The van der Waals surface area contributed by atoms with E-state index in [4.69, 9.17) is 32.2 Å². The zero-order valence-electron chi connectivity index (χ0n) is 20.3. The van der Waals surface area contributed by atoms with Gasteiger partial charge in [0.1, 0.15) is 13.2 Å². The molecule has 0 saturated heterocycles. The summed E-state index contributed by atoms with van der Waals surface area (Å²) in [6.45, 7) is 2.35. The van der Waals surface area contributed by atoms with E-state index in [-0.39, 0.29) is 24.5 Å². The van der Waals surface area contributed by atoms with Crippen molar-refractivity contribution in [2.24, 2.45) is 0 Å². The van der Waals surface area contributed by atoms with Crippen molar-refractivity contribution >= 4 is 17.5 Å². The molecule has 0 aliphatic heterocycles. The Morgan fingerprint density at radius 1 is 1.11 bits per heavy atom. The number of amides is 1. The Morgan fingerprint density at radius 2 is 1.89 bits per heavy atom. The fourth-order valence-electron chi connectivity index (χ4n) is 4.38. The summed E-state index contributed by atoms with van der Waals surface area (Å²) < 4.78 is 17.1. The van der Waals surface area contributed by atoms with Crippen LogP contribution in [-0.2, 0) is 9.53 Å². The van der Waals surface area contributed by atoms with Crippen molar-refractivity contribution in [2.45, 2.75) is 57.1 Å². The molecule has 1 N–H and O–H groups in total. The van der Waals surface area contributed by atoms with Crippen molar-refractivity contribution in [3.05, 3.63) is 58.6 Å². The molecule has 1 fully saturated rings. The van der Waals surface area contributed by atoms with Gasteiger partial charge in [0.15, 0.2) is 17.6 Å². The molecule has 0 bridgehead atoms. The van der Waals surface area contributed by atoms with Crippen LogP contribution in [0.2, 0.25) is 5.02 Å². The van der Waals surface area contributed by atoms with Crippen LogP contribution in [-0.4, -0.2) is 32.3 Å². The predicted molar refractivity (Wildman–Crippen MR) is 139 cm³/mol. The maximum atomic E-state index is 13.3. The average Bonchev–Trinajstić information content (AvgIpc) is 2.88. The van der Waals surface area contributed by atoms with Crippen LogP contribution in [0.4, 0.5) is 0 Å². The quantitative estimate of drug-likeness (QED) is 0.457. The van der Waals surface area contributed by atoms with Gasteiger partial charge in [-0.25, -0.2) is 0 Å². The number of hydrogen-bond acceptors (Lipinski definition) is 4. The summed E-state index contributed by atoms with van der Waals surface area (Å²) in [5.41, 5.74) is 1.82. The number of terminal acetylenes is 1. The van der Waals surface area contributed by atoms with E-state index in [1.807, 2.05) is 25.1 Å². The molecule has 184 valence electrons. The lowest BCUT2D eigenvalue weighted by Crippen LogP contribution is -2.43. The maximum Gasteiger partial charge on any atom is 0.254 e. The standard InChI is InChI=1S/C29H32ClNO4/c1-4-6-9-19-34-26-17-14-22(20-27(26)33-3)24-10-7-8-11-25(24)31-29(32)28(35-18-5-2)21-12-15-23(30)16-13-21/h2,12-17,20,24-25,28H,4,7-8,10-11,18-19H2,1,3H3,(H,31,32)/t24-,25+,28?/m0/s1. The minimum absolute atomic E-state index is 0.0348. The van der Waals surface area contributed by atoms with Crippen LogP contribution in [0.15, 0.2) is 42.5 Å². The minimum Gasteiger partial charge on any atom is -0.493 e. The normalized spacial score (nSPS) is 17.9. The number of carbonyl (C=O) groups excluding carboxylic acids is 1. The van der Waals surface area contributed by atoms with Gasteiger partial charge in [-0.05, 0) is 48.2 Å². The Balaban J connectivity index is 1.77. The summed E-state index contributed by atoms with van der Waals surface area (Å²) in [6, 6.07) is 13.0. The van der Waals surface area contributed by atoms with Crippen LogP contribution in [0.5, 0.6) is 11.5 Å². The fourth-order valence-corrected chi connectivity index (χ4v) is 4.50. The molecule has 3 rings (SSSR count). The number of hydrogen-bond donors (Lipinski definition) is 1. The molecule has 1 unspecified atom stereocenters. The van der Waals surface area contributed by atoms with E-state index in [2.05, 4.69) is 23.1 Å². The molecule has 3 atom stereocenters. The van der Waals surface area contributed by atoms with Crippen LogP contribution in [0, 0.1) is 24.2 Å². The van der Waals surface area contributed by atoms with Crippen molar-refractivity contribution in [3.63, 3.8) is 0 Å². The summed E-state index contributed by atoms with van der Waals surface area (Å²) in [5, 5.41) is 3.83. The lowest BCUT2D eigenvalue weighted by Gasteiger charge is -2.34. The van der Waals surface area contributed by atoms with Gasteiger partial charge >= 0.3 is 0 Å². The Bertz CT molecular complexity index is 1080. The molecule has 2 aromatic rings. The van der Waals surface area contributed by atoms with E-state index in [1.165, 1.54) is 0 Å². The highest BCUT2D eigenvalue weighted by atomic mass is 35.5. The highest BCUT2D eigenvalue weighted by Crippen LogP contribution is 2.38. The van der Waals surface area contributed by atoms with Crippen molar-refractivity contribution < 1.29 is 19.0 Å². The number of methoxy groups -OCH3 is 1. The van der Waals surface area contributed by atoms with Crippen LogP contribution in [0.3, 0.4) is 0 Å². The van der Waals surface area contributed by atoms with Gasteiger partial charge in [-0.3, -0.25) is 4.79 Å². The highest BCUT2D eigenvalue weighted by molar-refractivity contribution is 6.30. The molecule has 1 aliphatic rings. The number of benzene rings is 2. The SMILES string of the molecule is C#CCOC(C(=O)N[C@@H]1CCCC[C@H]1c1ccc(OCC#CCC)c(OC)c1)c1ccc(Cl)cc1. The number of halogens is 1. The first-order valence-corrected chi connectivity index (χ1v) is 12.3. The van der Waals surface area contributed by atoms with E-state index in [0.29, 0.717) is 28.7 Å². The maximum absolute atomic E-state index is 13.3. The highest BCUT2D eigenvalue weighted by Gasteiger charge is 2.31. The van der Waals surface area contributed by atoms with Gasteiger partial charge in [-0.1, -0.05) is 61.4 Å². The van der Waals surface area contributed by atoms with E-state index in [0.717, 1.165) is 37.7 Å². The van der Waals surface area contributed by atoms with E-state index >= 15 is 0 Å². The monoisotopic (exact) mass is 493 g/mol. The molecular weight excluding hydrogens is 462 g/mol. The number of nitrogens with one attached hydrogen (secondary N) is 1. The number of rotatable bonds is 9. The lowest BCUT2D eigenvalue weighted by atomic mass is 9.79. The molecule has 1 aliphatic carbocycles. The van der Waals surface area contributed by atoms with Crippen molar-refractivity contribution in [2.75, 3.05) is 20.3 Å². The zero-order chi connectivity index (χ0) is 25.0. The van der Waals surface area contributed by atoms with Gasteiger partial charge in [0.25, 0.3) is 5.91 Å². The molecule has 1 saturated carbocycles. The van der Waals surface area contributed by atoms with Gasteiger partial charge in [0, 0.05) is 23.4 Å². The first-order valence-electron chi connectivity index (χ1n) is 11.9. The van der Waals surface area contributed by atoms with Gasteiger partial charge in [-0.2, -0.15) is 0 Å². The third-order valence-electron chi connectivity index (χ3n) is 6.06. The van der Waals surface area contributed by atoms with E-state index < -0.39 is 6.10 Å². The summed E-state index contributed by atoms with van der Waals surface area (Å²) in [6.07, 6.45) is 9.37. The van der Waals surface area contributed by atoms with E-state index in [1.54, 1.807) is 31.4 Å². The lowest BCUT2D eigenvalue weighted by molar-refractivity contribution is -0.133. The third kappa shape index (κ3) is 7.43.